The second-order valence-electron chi connectivity index (χ2n) is 7.91. The van der Waals surface area contributed by atoms with Gasteiger partial charge in [-0.25, -0.2) is 4.98 Å². The first-order chi connectivity index (χ1) is 15.3. The number of ether oxygens (including phenoxy) is 1. The summed E-state index contributed by atoms with van der Waals surface area (Å²) in [5.74, 6) is 3.43. The van der Waals surface area contributed by atoms with E-state index in [9.17, 15) is 0 Å². The van der Waals surface area contributed by atoms with Gasteiger partial charge in [-0.05, 0) is 36.8 Å². The van der Waals surface area contributed by atoms with Crippen molar-refractivity contribution in [1.29, 1.82) is 0 Å². The maximum atomic E-state index is 6.01. The van der Waals surface area contributed by atoms with E-state index in [1.807, 2.05) is 36.7 Å². The molecule has 1 fully saturated rings. The maximum absolute atomic E-state index is 6.01. The van der Waals surface area contributed by atoms with Crippen LogP contribution in [0.3, 0.4) is 0 Å². The highest BCUT2D eigenvalue weighted by Crippen LogP contribution is 2.30. The molecule has 1 saturated carbocycles. The van der Waals surface area contributed by atoms with Crippen LogP contribution < -0.4 is 15.4 Å². The molecule has 0 bridgehead atoms. The number of aliphatic imine (C=N–C) groups is 1. The first-order valence-corrected chi connectivity index (χ1v) is 11.0. The summed E-state index contributed by atoms with van der Waals surface area (Å²) in [5.41, 5.74) is 2.46. The van der Waals surface area contributed by atoms with E-state index < -0.39 is 0 Å². The molecule has 31 heavy (non-hydrogen) atoms. The van der Waals surface area contributed by atoms with E-state index in [-0.39, 0.29) is 0 Å². The largest absolute Gasteiger partial charge is 0.493 e. The number of imidazole rings is 1. The molecule has 0 radical (unpaired) electrons. The Kier molecular flexibility index (Phi) is 7.21. The molecule has 1 aromatic heterocycles. The Bertz CT molecular complexity index is 978. The van der Waals surface area contributed by atoms with Crippen molar-refractivity contribution in [2.45, 2.75) is 38.9 Å². The Labute approximate surface area is 184 Å². The molecule has 1 aliphatic carbocycles. The molecule has 162 valence electrons. The van der Waals surface area contributed by atoms with Crippen molar-refractivity contribution in [3.8, 4) is 5.75 Å². The molecule has 6 heteroatoms. The predicted molar refractivity (Wildman–Crippen MR) is 124 cm³/mol. The lowest BCUT2D eigenvalue weighted by atomic mass is 10.1. The van der Waals surface area contributed by atoms with Gasteiger partial charge in [0.1, 0.15) is 11.6 Å². The van der Waals surface area contributed by atoms with Gasteiger partial charge >= 0.3 is 0 Å². The van der Waals surface area contributed by atoms with Crippen molar-refractivity contribution in [2.24, 2.45) is 10.9 Å². The minimum Gasteiger partial charge on any atom is -0.493 e. The van der Waals surface area contributed by atoms with Crippen molar-refractivity contribution >= 4 is 5.96 Å². The summed E-state index contributed by atoms with van der Waals surface area (Å²) in [5, 5.41) is 6.77. The molecule has 3 aromatic rings. The lowest BCUT2D eigenvalue weighted by Gasteiger charge is -2.15. The third-order valence-corrected chi connectivity index (χ3v) is 5.51. The number of guanidine groups is 1. The summed E-state index contributed by atoms with van der Waals surface area (Å²) in [6, 6.07) is 18.7. The fourth-order valence-electron chi connectivity index (χ4n) is 3.45. The van der Waals surface area contributed by atoms with E-state index in [0.29, 0.717) is 13.1 Å². The van der Waals surface area contributed by atoms with Crippen LogP contribution in [0.5, 0.6) is 5.75 Å². The van der Waals surface area contributed by atoms with Crippen LogP contribution in [0.1, 0.15) is 29.8 Å². The second-order valence-corrected chi connectivity index (χ2v) is 7.91. The van der Waals surface area contributed by atoms with E-state index in [0.717, 1.165) is 48.6 Å². The highest BCUT2D eigenvalue weighted by molar-refractivity contribution is 5.79. The number of benzene rings is 2. The zero-order chi connectivity index (χ0) is 21.3. The van der Waals surface area contributed by atoms with Crippen molar-refractivity contribution < 1.29 is 4.74 Å². The monoisotopic (exact) mass is 417 g/mol. The van der Waals surface area contributed by atoms with E-state index in [1.54, 1.807) is 7.05 Å². The average molecular weight is 418 g/mol. The third kappa shape index (κ3) is 6.35. The molecule has 0 amide bonds. The van der Waals surface area contributed by atoms with Gasteiger partial charge in [0.05, 0.1) is 13.2 Å². The van der Waals surface area contributed by atoms with Gasteiger partial charge in [-0.1, -0.05) is 48.5 Å². The fourth-order valence-corrected chi connectivity index (χ4v) is 3.45. The van der Waals surface area contributed by atoms with Gasteiger partial charge in [-0.3, -0.25) is 4.99 Å². The fraction of sp³-hybridized carbons (Fsp3) is 0.360. The topological polar surface area (TPSA) is 63.5 Å². The van der Waals surface area contributed by atoms with Gasteiger partial charge in [-0.2, -0.15) is 0 Å². The molecular weight excluding hydrogens is 386 g/mol. The lowest BCUT2D eigenvalue weighted by Crippen LogP contribution is -2.37. The standard InChI is InChI=1S/C25H31N5O/c1-26-25(28-17-22-9-5-6-10-23(22)31-19-21-11-12-21)29-18-24-27-14-16-30(24)15-13-20-7-3-2-4-8-20/h2-10,14,16,21H,11-13,15,17-19H2,1H3,(H2,26,28,29). The number of rotatable bonds is 10. The molecule has 1 aliphatic rings. The highest BCUT2D eigenvalue weighted by atomic mass is 16.5. The van der Waals surface area contributed by atoms with Gasteiger partial charge in [-0.15, -0.1) is 0 Å². The summed E-state index contributed by atoms with van der Waals surface area (Å²) in [4.78, 5) is 8.87. The Balaban J connectivity index is 1.27. The molecular formula is C25H31N5O. The number of nitrogens with one attached hydrogen (secondary N) is 2. The Morgan fingerprint density at radius 1 is 1.06 bits per heavy atom. The second kappa shape index (κ2) is 10.7. The number of nitrogens with zero attached hydrogens (tertiary/aromatic N) is 3. The van der Waals surface area contributed by atoms with Gasteiger partial charge in [0.25, 0.3) is 0 Å². The molecule has 2 N–H and O–H groups in total. The van der Waals surface area contributed by atoms with Crippen LogP contribution in [-0.2, 0) is 26.1 Å². The molecule has 1 heterocycles. The van der Waals surface area contributed by atoms with Crippen molar-refractivity contribution in [2.75, 3.05) is 13.7 Å². The van der Waals surface area contributed by atoms with Gasteiger partial charge in [0, 0.05) is 38.1 Å². The zero-order valence-electron chi connectivity index (χ0n) is 18.1. The molecule has 0 saturated heterocycles. The molecule has 2 aromatic carbocycles. The normalized spacial score (nSPS) is 13.8. The van der Waals surface area contributed by atoms with E-state index in [1.165, 1.54) is 18.4 Å². The van der Waals surface area contributed by atoms with Crippen molar-refractivity contribution in [3.63, 3.8) is 0 Å². The molecule has 0 spiro atoms. The lowest BCUT2D eigenvalue weighted by molar-refractivity contribution is 0.296. The number of hydrogen-bond donors (Lipinski definition) is 2. The first kappa shape index (κ1) is 21.0. The van der Waals surface area contributed by atoms with Gasteiger partial charge in [0.2, 0.25) is 0 Å². The van der Waals surface area contributed by atoms with Crippen LogP contribution in [0.25, 0.3) is 0 Å². The summed E-state index contributed by atoms with van der Waals surface area (Å²) in [6.45, 7) is 2.98. The summed E-state index contributed by atoms with van der Waals surface area (Å²) < 4.78 is 8.20. The van der Waals surface area contributed by atoms with E-state index >= 15 is 0 Å². The van der Waals surface area contributed by atoms with E-state index in [2.05, 4.69) is 55.5 Å². The Morgan fingerprint density at radius 3 is 2.65 bits per heavy atom. The molecule has 0 unspecified atom stereocenters. The molecule has 0 aliphatic heterocycles. The molecule has 0 atom stereocenters. The van der Waals surface area contributed by atoms with Crippen LogP contribution in [0.2, 0.25) is 0 Å². The number of para-hydroxylation sites is 1. The Morgan fingerprint density at radius 2 is 1.84 bits per heavy atom. The minimum atomic E-state index is 0.612. The molecule has 4 rings (SSSR count). The van der Waals surface area contributed by atoms with Crippen LogP contribution in [0.15, 0.2) is 72.0 Å². The van der Waals surface area contributed by atoms with Crippen molar-refractivity contribution in [1.82, 2.24) is 20.2 Å². The van der Waals surface area contributed by atoms with Crippen LogP contribution in [-0.4, -0.2) is 29.2 Å². The smallest absolute Gasteiger partial charge is 0.191 e. The summed E-state index contributed by atoms with van der Waals surface area (Å²) in [7, 11) is 1.78. The van der Waals surface area contributed by atoms with Crippen molar-refractivity contribution in [3.05, 3.63) is 83.9 Å². The SMILES string of the molecule is CN=C(NCc1ccccc1OCC1CC1)NCc1nccn1CCc1ccccc1. The average Bonchev–Trinajstić information content (AvgIpc) is 3.54. The number of hydrogen-bond acceptors (Lipinski definition) is 3. The van der Waals surface area contributed by atoms with Crippen LogP contribution in [0.4, 0.5) is 0 Å². The third-order valence-electron chi connectivity index (χ3n) is 5.51. The quantitative estimate of drug-likeness (QED) is 0.389. The maximum Gasteiger partial charge on any atom is 0.191 e. The van der Waals surface area contributed by atoms with Crippen LogP contribution >= 0.6 is 0 Å². The van der Waals surface area contributed by atoms with E-state index in [4.69, 9.17) is 4.74 Å². The van der Waals surface area contributed by atoms with Gasteiger partial charge < -0.3 is 19.9 Å². The van der Waals surface area contributed by atoms with Gasteiger partial charge in [0.15, 0.2) is 5.96 Å². The predicted octanol–water partition coefficient (Wildman–Crippen LogP) is 3.78. The summed E-state index contributed by atoms with van der Waals surface area (Å²) in [6.07, 6.45) is 7.44. The summed E-state index contributed by atoms with van der Waals surface area (Å²) >= 11 is 0. The van der Waals surface area contributed by atoms with Crippen LogP contribution in [0, 0.1) is 5.92 Å². The number of aryl methyl sites for hydroxylation is 2. The number of aromatic nitrogens is 2. The minimum absolute atomic E-state index is 0.612. The Hall–Kier alpha value is -3.28. The first-order valence-electron chi connectivity index (χ1n) is 11.0. The zero-order valence-corrected chi connectivity index (χ0v) is 18.1. The highest BCUT2D eigenvalue weighted by Gasteiger charge is 2.22. The molecule has 6 nitrogen and oxygen atoms in total.